The van der Waals surface area contributed by atoms with Gasteiger partial charge in [-0.05, 0) is 42.0 Å². The van der Waals surface area contributed by atoms with E-state index >= 15 is 0 Å². The van der Waals surface area contributed by atoms with Crippen LogP contribution in [0.3, 0.4) is 0 Å². The van der Waals surface area contributed by atoms with Crippen molar-refractivity contribution in [2.45, 2.75) is 21.7 Å². The lowest BCUT2D eigenvalue weighted by Gasteiger charge is -2.08. The number of aliphatic carboxylic acids is 1. The van der Waals surface area contributed by atoms with E-state index in [4.69, 9.17) is 15.6 Å². The number of allylic oxidation sites excluding steroid dienone is 1. The molecule has 0 amide bonds. The Hall–Kier alpha value is -2.86. The monoisotopic (exact) mass is 462 g/mol. The summed E-state index contributed by atoms with van der Waals surface area (Å²) in [5.41, 5.74) is 4.41. The molecule has 2 rings (SSSR count). The van der Waals surface area contributed by atoms with Gasteiger partial charge in [0.15, 0.2) is 0 Å². The van der Waals surface area contributed by atoms with Gasteiger partial charge in [-0.15, -0.1) is 11.3 Å². The van der Waals surface area contributed by atoms with Crippen LogP contribution in [0.4, 0.5) is 13.2 Å². The highest BCUT2D eigenvalue weighted by Crippen LogP contribution is 2.33. The summed E-state index contributed by atoms with van der Waals surface area (Å²) in [6, 6.07) is 6.32. The average molecular weight is 462 g/mol. The number of ether oxygens (including phenoxy) is 1. The molecule has 0 fully saturated rings. The van der Waals surface area contributed by atoms with Crippen LogP contribution in [0.5, 0.6) is 5.75 Å². The van der Waals surface area contributed by atoms with E-state index in [1.165, 1.54) is 37.4 Å². The number of rotatable bonds is 7. The van der Waals surface area contributed by atoms with Crippen LogP contribution in [-0.4, -0.2) is 45.5 Å². The summed E-state index contributed by atoms with van der Waals surface area (Å²) in [4.78, 5) is 14.0. The Balaban J connectivity index is 2.46. The van der Waals surface area contributed by atoms with Gasteiger partial charge in [0.1, 0.15) is 15.7 Å². The van der Waals surface area contributed by atoms with E-state index in [0.29, 0.717) is 17.4 Å². The minimum Gasteiger partial charge on any atom is -0.497 e. The molecule has 0 aliphatic carbocycles. The van der Waals surface area contributed by atoms with Crippen LogP contribution in [0.1, 0.15) is 10.4 Å². The van der Waals surface area contributed by atoms with Gasteiger partial charge in [0.2, 0.25) is 9.84 Å². The number of alkyl halides is 3. The Morgan fingerprint density at radius 1 is 1.30 bits per heavy atom. The molecule has 0 saturated heterocycles. The molecule has 0 aliphatic rings. The minimum atomic E-state index is -4.70. The standard InChI is InChI=1S/C18H17F3N2O5S2/c1-23-15(18(19,20)21)9-13(22)14-3-4-17(29-14)30(26,27)12-6-10(7-16(24)25)5-11(8-12)28-2/h3-6,8-9H,7,22H2,1-2H3,(H,24,25). The Morgan fingerprint density at radius 3 is 2.50 bits per heavy atom. The number of thiophene rings is 1. The molecule has 0 aliphatic heterocycles. The van der Waals surface area contributed by atoms with Crippen LogP contribution in [0.2, 0.25) is 0 Å². The predicted octanol–water partition coefficient (Wildman–Crippen LogP) is 3.15. The van der Waals surface area contributed by atoms with Crippen molar-refractivity contribution in [2.75, 3.05) is 14.2 Å². The normalized spacial score (nSPS) is 13.4. The van der Waals surface area contributed by atoms with E-state index in [0.717, 1.165) is 7.05 Å². The molecule has 0 atom stereocenters. The maximum absolute atomic E-state index is 13.0. The number of nitrogens with two attached hydrogens (primary N) is 1. The second-order valence-electron chi connectivity index (χ2n) is 5.92. The van der Waals surface area contributed by atoms with Gasteiger partial charge < -0.3 is 15.6 Å². The topological polar surface area (TPSA) is 119 Å². The number of benzene rings is 1. The number of carboxylic acid groups (broad SMARTS) is 1. The number of carboxylic acids is 1. The number of aliphatic imine (C=N–C) groups is 1. The zero-order valence-corrected chi connectivity index (χ0v) is 17.4. The van der Waals surface area contributed by atoms with Crippen LogP contribution in [0, 0.1) is 0 Å². The molecule has 0 radical (unpaired) electrons. The summed E-state index contributed by atoms with van der Waals surface area (Å²) < 4.78 is 69.3. The van der Waals surface area contributed by atoms with Gasteiger partial charge in [-0.1, -0.05) is 0 Å². The highest BCUT2D eigenvalue weighted by Gasteiger charge is 2.34. The molecule has 0 spiro atoms. The summed E-state index contributed by atoms with van der Waals surface area (Å²) in [7, 11) is -1.82. The molecule has 162 valence electrons. The summed E-state index contributed by atoms with van der Waals surface area (Å²) in [6.07, 6.45) is -4.49. The molecule has 0 unspecified atom stereocenters. The number of halogens is 3. The van der Waals surface area contributed by atoms with Crippen molar-refractivity contribution in [3.8, 4) is 5.75 Å². The van der Waals surface area contributed by atoms with Crippen LogP contribution in [-0.2, 0) is 21.1 Å². The first-order chi connectivity index (χ1) is 13.9. The SMILES string of the molecule is CN=C(C=C(N)c1ccc(S(=O)(=O)c2cc(CC(=O)O)cc(OC)c2)s1)C(F)(F)F. The molecule has 1 aromatic carbocycles. The number of carbonyl (C=O) groups is 1. The summed E-state index contributed by atoms with van der Waals surface area (Å²) in [5, 5.41) is 8.96. The first-order valence-corrected chi connectivity index (χ1v) is 10.4. The quantitative estimate of drug-likeness (QED) is 0.610. The maximum atomic E-state index is 13.0. The molecule has 12 heteroatoms. The largest absolute Gasteiger partial charge is 0.497 e. The van der Waals surface area contributed by atoms with E-state index in [1.54, 1.807) is 0 Å². The number of nitrogens with zero attached hydrogens (tertiary/aromatic N) is 1. The summed E-state index contributed by atoms with van der Waals surface area (Å²) >= 11 is 0.678. The molecule has 0 bridgehead atoms. The Kier molecular flexibility index (Phi) is 6.93. The highest BCUT2D eigenvalue weighted by molar-refractivity contribution is 7.93. The van der Waals surface area contributed by atoms with Gasteiger partial charge in [0.05, 0.1) is 29.0 Å². The minimum absolute atomic E-state index is 0.104. The molecule has 7 nitrogen and oxygen atoms in total. The van der Waals surface area contributed by atoms with Crippen molar-refractivity contribution in [1.29, 1.82) is 0 Å². The lowest BCUT2D eigenvalue weighted by molar-refractivity contribution is -0.136. The van der Waals surface area contributed by atoms with Gasteiger partial charge in [0, 0.05) is 7.05 Å². The first-order valence-electron chi connectivity index (χ1n) is 8.14. The van der Waals surface area contributed by atoms with Crippen molar-refractivity contribution < 1.29 is 36.2 Å². The number of sulfone groups is 1. The second kappa shape index (κ2) is 8.88. The first kappa shape index (κ1) is 23.4. The number of methoxy groups -OCH3 is 1. The number of hydrogen-bond donors (Lipinski definition) is 2. The van der Waals surface area contributed by atoms with Crippen molar-refractivity contribution in [1.82, 2.24) is 0 Å². The van der Waals surface area contributed by atoms with Crippen molar-refractivity contribution in [3.05, 3.63) is 46.8 Å². The van der Waals surface area contributed by atoms with E-state index < -0.39 is 34.1 Å². The lowest BCUT2D eigenvalue weighted by Crippen LogP contribution is -2.21. The third-order valence-corrected chi connectivity index (χ3v) is 7.15. The van der Waals surface area contributed by atoms with Crippen molar-refractivity contribution in [3.63, 3.8) is 0 Å². The second-order valence-corrected chi connectivity index (χ2v) is 9.18. The van der Waals surface area contributed by atoms with Crippen LogP contribution in [0.15, 0.2) is 50.5 Å². The fraction of sp³-hybridized carbons (Fsp3) is 0.222. The summed E-state index contributed by atoms with van der Waals surface area (Å²) in [5.74, 6) is -1.00. The van der Waals surface area contributed by atoms with E-state index in [2.05, 4.69) is 4.99 Å². The molecular formula is C18H17F3N2O5S2. The molecule has 30 heavy (non-hydrogen) atoms. The van der Waals surface area contributed by atoms with Gasteiger partial charge in [-0.2, -0.15) is 13.2 Å². The van der Waals surface area contributed by atoms with Gasteiger partial charge in [-0.25, -0.2) is 8.42 Å². The average Bonchev–Trinajstić information content (AvgIpc) is 3.15. The Labute approximate surface area is 174 Å². The molecule has 1 heterocycles. The van der Waals surface area contributed by atoms with Crippen molar-refractivity contribution >= 4 is 38.6 Å². The predicted molar refractivity (Wildman–Crippen MR) is 106 cm³/mol. The Bertz CT molecular complexity index is 1120. The van der Waals surface area contributed by atoms with E-state index in [9.17, 15) is 26.4 Å². The fourth-order valence-corrected chi connectivity index (χ4v) is 5.13. The van der Waals surface area contributed by atoms with Gasteiger partial charge in [-0.3, -0.25) is 9.79 Å². The zero-order chi connectivity index (χ0) is 22.7. The third-order valence-electron chi connectivity index (χ3n) is 3.80. The number of hydrogen-bond acceptors (Lipinski definition) is 7. The van der Waals surface area contributed by atoms with Gasteiger partial charge in [0.25, 0.3) is 0 Å². The molecular weight excluding hydrogens is 445 g/mol. The molecule has 3 N–H and O–H groups in total. The fourth-order valence-electron chi connectivity index (χ4n) is 2.41. The molecule has 1 aromatic heterocycles. The van der Waals surface area contributed by atoms with E-state index in [1.807, 2.05) is 0 Å². The Morgan fingerprint density at radius 2 is 1.97 bits per heavy atom. The molecule has 2 aromatic rings. The van der Waals surface area contributed by atoms with Crippen LogP contribution >= 0.6 is 11.3 Å². The van der Waals surface area contributed by atoms with Gasteiger partial charge >= 0.3 is 12.1 Å². The maximum Gasteiger partial charge on any atom is 0.432 e. The lowest BCUT2D eigenvalue weighted by atomic mass is 10.1. The zero-order valence-electron chi connectivity index (χ0n) is 15.7. The third kappa shape index (κ3) is 5.39. The highest BCUT2D eigenvalue weighted by atomic mass is 32.2. The van der Waals surface area contributed by atoms with Crippen LogP contribution in [0.25, 0.3) is 5.70 Å². The van der Waals surface area contributed by atoms with Crippen molar-refractivity contribution in [2.24, 2.45) is 10.7 Å². The molecule has 0 saturated carbocycles. The summed E-state index contributed by atoms with van der Waals surface area (Å²) in [6.45, 7) is 0. The smallest absolute Gasteiger partial charge is 0.432 e. The van der Waals surface area contributed by atoms with E-state index in [-0.39, 0.29) is 31.0 Å². The van der Waals surface area contributed by atoms with Crippen LogP contribution < -0.4 is 10.5 Å².